The molecule has 0 aromatic carbocycles. The van der Waals surface area contributed by atoms with E-state index in [4.69, 9.17) is 5.11 Å². The topological polar surface area (TPSA) is 40.5 Å². The first kappa shape index (κ1) is 11.9. The van der Waals surface area contributed by atoms with Gasteiger partial charge in [-0.1, -0.05) is 25.7 Å². The fourth-order valence-corrected chi connectivity index (χ4v) is 3.13. The average Bonchev–Trinajstić information content (AvgIpc) is 2.57. The Morgan fingerprint density at radius 3 is 2.00 bits per heavy atom. The Bertz CT molecular complexity index is 226. The van der Waals surface area contributed by atoms with E-state index in [0.717, 1.165) is 32.0 Å². The van der Waals surface area contributed by atoms with E-state index in [1.165, 1.54) is 38.5 Å². The monoisotopic (exact) mass is 225 g/mol. The fourth-order valence-electron chi connectivity index (χ4n) is 3.13. The van der Waals surface area contributed by atoms with Crippen molar-refractivity contribution in [2.75, 3.05) is 13.1 Å². The maximum absolute atomic E-state index is 10.9. The molecule has 0 unspecified atom stereocenters. The van der Waals surface area contributed by atoms with Crippen LogP contribution in [0.25, 0.3) is 0 Å². The van der Waals surface area contributed by atoms with Crippen molar-refractivity contribution in [2.45, 2.75) is 57.4 Å². The molecule has 0 spiro atoms. The van der Waals surface area contributed by atoms with E-state index in [1.54, 1.807) is 0 Å². The van der Waals surface area contributed by atoms with Gasteiger partial charge in [0.25, 0.3) is 0 Å². The van der Waals surface area contributed by atoms with Crippen molar-refractivity contribution < 1.29 is 9.90 Å². The number of piperidine rings is 1. The van der Waals surface area contributed by atoms with Crippen molar-refractivity contribution >= 4 is 5.97 Å². The van der Waals surface area contributed by atoms with E-state index >= 15 is 0 Å². The first-order valence-electron chi connectivity index (χ1n) is 6.74. The van der Waals surface area contributed by atoms with E-state index in [9.17, 15) is 4.79 Å². The lowest BCUT2D eigenvalue weighted by atomic mass is 9.94. The molecule has 1 saturated heterocycles. The SMILES string of the molecule is O=C(O)C1CCN(C2CCCCCC2)CC1. The van der Waals surface area contributed by atoms with Gasteiger partial charge in [0.1, 0.15) is 0 Å². The number of hydrogen-bond donors (Lipinski definition) is 1. The molecule has 3 nitrogen and oxygen atoms in total. The lowest BCUT2D eigenvalue weighted by Gasteiger charge is -2.36. The number of carboxylic acid groups (broad SMARTS) is 1. The van der Waals surface area contributed by atoms with Crippen LogP contribution in [0.4, 0.5) is 0 Å². The van der Waals surface area contributed by atoms with E-state index < -0.39 is 5.97 Å². The third kappa shape index (κ3) is 2.97. The van der Waals surface area contributed by atoms with Crippen molar-refractivity contribution in [3.63, 3.8) is 0 Å². The second kappa shape index (κ2) is 5.67. The first-order valence-corrected chi connectivity index (χ1v) is 6.74. The fraction of sp³-hybridized carbons (Fsp3) is 0.923. The first-order chi connectivity index (χ1) is 7.77. The molecule has 0 aromatic rings. The summed E-state index contributed by atoms with van der Waals surface area (Å²) in [7, 11) is 0. The zero-order chi connectivity index (χ0) is 11.4. The normalized spacial score (nSPS) is 26.5. The van der Waals surface area contributed by atoms with Crippen LogP contribution in [-0.4, -0.2) is 35.1 Å². The molecule has 3 heteroatoms. The van der Waals surface area contributed by atoms with Gasteiger partial charge < -0.3 is 10.0 Å². The molecule has 92 valence electrons. The van der Waals surface area contributed by atoms with Crippen molar-refractivity contribution in [1.82, 2.24) is 4.90 Å². The minimum Gasteiger partial charge on any atom is -0.481 e. The van der Waals surface area contributed by atoms with Gasteiger partial charge in [0.15, 0.2) is 0 Å². The second-order valence-electron chi connectivity index (χ2n) is 5.29. The predicted molar refractivity (Wildman–Crippen MR) is 63.4 cm³/mol. The molecule has 16 heavy (non-hydrogen) atoms. The van der Waals surface area contributed by atoms with Gasteiger partial charge in [-0.3, -0.25) is 4.79 Å². The van der Waals surface area contributed by atoms with Crippen LogP contribution in [0.3, 0.4) is 0 Å². The summed E-state index contributed by atoms with van der Waals surface area (Å²) in [5.74, 6) is -0.678. The molecule has 2 fully saturated rings. The van der Waals surface area contributed by atoms with Crippen molar-refractivity contribution in [1.29, 1.82) is 0 Å². The molecule has 0 amide bonds. The van der Waals surface area contributed by atoms with Crippen LogP contribution in [0.5, 0.6) is 0 Å². The molecule has 2 rings (SSSR count). The second-order valence-corrected chi connectivity index (χ2v) is 5.29. The summed E-state index contributed by atoms with van der Waals surface area (Å²) in [5, 5.41) is 8.96. The average molecular weight is 225 g/mol. The molecule has 0 bridgehead atoms. The molecular weight excluding hydrogens is 202 g/mol. The summed E-state index contributed by atoms with van der Waals surface area (Å²) in [4.78, 5) is 13.4. The molecule has 1 aliphatic heterocycles. The highest BCUT2D eigenvalue weighted by Gasteiger charge is 2.28. The predicted octanol–water partition coefficient (Wildman–Crippen LogP) is 2.51. The van der Waals surface area contributed by atoms with E-state index in [0.29, 0.717) is 0 Å². The largest absolute Gasteiger partial charge is 0.481 e. The molecule has 1 aliphatic carbocycles. The maximum atomic E-state index is 10.9. The smallest absolute Gasteiger partial charge is 0.306 e. The van der Waals surface area contributed by atoms with E-state index in [2.05, 4.69) is 4.90 Å². The minimum absolute atomic E-state index is 0.0815. The van der Waals surface area contributed by atoms with Gasteiger partial charge in [-0.05, 0) is 38.8 Å². The zero-order valence-electron chi connectivity index (χ0n) is 10.0. The van der Waals surface area contributed by atoms with Gasteiger partial charge >= 0.3 is 5.97 Å². The number of nitrogens with zero attached hydrogens (tertiary/aromatic N) is 1. The van der Waals surface area contributed by atoms with Gasteiger partial charge in [0, 0.05) is 6.04 Å². The Kier molecular flexibility index (Phi) is 4.22. The molecular formula is C13H23NO2. The van der Waals surface area contributed by atoms with Gasteiger partial charge in [0.05, 0.1) is 5.92 Å². The van der Waals surface area contributed by atoms with Gasteiger partial charge in [-0.2, -0.15) is 0 Å². The van der Waals surface area contributed by atoms with Crippen molar-refractivity contribution in [2.24, 2.45) is 5.92 Å². The van der Waals surface area contributed by atoms with Crippen LogP contribution in [0.15, 0.2) is 0 Å². The Morgan fingerprint density at radius 2 is 1.50 bits per heavy atom. The van der Waals surface area contributed by atoms with Crippen LogP contribution < -0.4 is 0 Å². The van der Waals surface area contributed by atoms with Crippen LogP contribution >= 0.6 is 0 Å². The Hall–Kier alpha value is -0.570. The van der Waals surface area contributed by atoms with Gasteiger partial charge in [-0.25, -0.2) is 0 Å². The molecule has 1 heterocycles. The van der Waals surface area contributed by atoms with Crippen molar-refractivity contribution in [3.05, 3.63) is 0 Å². The van der Waals surface area contributed by atoms with Gasteiger partial charge in [-0.15, -0.1) is 0 Å². The summed E-state index contributed by atoms with van der Waals surface area (Å²) in [6, 6.07) is 0.747. The molecule has 1 saturated carbocycles. The molecule has 0 radical (unpaired) electrons. The summed E-state index contributed by atoms with van der Waals surface area (Å²) < 4.78 is 0. The number of aliphatic carboxylic acids is 1. The van der Waals surface area contributed by atoms with Crippen molar-refractivity contribution in [3.8, 4) is 0 Å². The summed E-state index contributed by atoms with van der Waals surface area (Å²) in [6.07, 6.45) is 9.88. The Balaban J connectivity index is 1.81. The third-order valence-electron chi connectivity index (χ3n) is 4.22. The van der Waals surface area contributed by atoms with E-state index in [1.807, 2.05) is 0 Å². The minimum atomic E-state index is -0.597. The number of rotatable bonds is 2. The number of hydrogen-bond acceptors (Lipinski definition) is 2. The number of likely N-dealkylation sites (tertiary alicyclic amines) is 1. The van der Waals surface area contributed by atoms with Crippen LogP contribution in [-0.2, 0) is 4.79 Å². The lowest BCUT2D eigenvalue weighted by molar-refractivity contribution is -0.143. The zero-order valence-corrected chi connectivity index (χ0v) is 10.0. The highest BCUT2D eigenvalue weighted by atomic mass is 16.4. The summed E-state index contributed by atoms with van der Waals surface area (Å²) >= 11 is 0. The number of carbonyl (C=O) groups is 1. The third-order valence-corrected chi connectivity index (χ3v) is 4.22. The molecule has 1 N–H and O–H groups in total. The van der Waals surface area contributed by atoms with Gasteiger partial charge in [0.2, 0.25) is 0 Å². The highest BCUT2D eigenvalue weighted by molar-refractivity contribution is 5.70. The summed E-state index contributed by atoms with van der Waals surface area (Å²) in [5.41, 5.74) is 0. The maximum Gasteiger partial charge on any atom is 0.306 e. The van der Waals surface area contributed by atoms with Crippen LogP contribution in [0.1, 0.15) is 51.4 Å². The standard InChI is InChI=1S/C13H23NO2/c15-13(16)11-7-9-14(10-8-11)12-5-3-1-2-4-6-12/h11-12H,1-10H2,(H,15,16). The molecule has 2 aliphatic rings. The Morgan fingerprint density at radius 1 is 0.938 bits per heavy atom. The number of carboxylic acids is 1. The van der Waals surface area contributed by atoms with Crippen LogP contribution in [0.2, 0.25) is 0 Å². The molecule has 0 atom stereocenters. The quantitative estimate of drug-likeness (QED) is 0.734. The highest BCUT2D eigenvalue weighted by Crippen LogP contribution is 2.26. The van der Waals surface area contributed by atoms with Crippen LogP contribution in [0, 0.1) is 5.92 Å². The summed E-state index contributed by atoms with van der Waals surface area (Å²) in [6.45, 7) is 2.00. The lowest BCUT2D eigenvalue weighted by Crippen LogP contribution is -2.42. The van der Waals surface area contributed by atoms with E-state index in [-0.39, 0.29) is 5.92 Å². The molecule has 0 aromatic heterocycles. The Labute approximate surface area is 97.8 Å².